The molecule has 0 fully saturated rings. The molecule has 3 rings (SSSR count). The van der Waals surface area contributed by atoms with E-state index >= 15 is 0 Å². The number of carbonyl (C=O) groups is 1. The Kier molecular flexibility index (Phi) is 4.72. The van der Waals surface area contributed by atoms with Crippen LogP contribution in [0, 0.1) is 6.92 Å². The zero-order chi connectivity index (χ0) is 17.9. The molecular formula is C19H17NO4S. The number of sulfonamides is 1. The summed E-state index contributed by atoms with van der Waals surface area (Å²) in [7, 11) is -4.02. The standard InChI is InChI=1S/C19H17NO4S/c1-15-9-11-17(12-10-15)25(22,23)20(14-16-6-3-2-4-7-16)19(21)18-8-5-13-24-18/h2-13H,14H2,1H3. The molecule has 6 heteroatoms. The van der Waals surface area contributed by atoms with Gasteiger partial charge in [-0.2, -0.15) is 0 Å². The zero-order valence-corrected chi connectivity index (χ0v) is 14.4. The van der Waals surface area contributed by atoms with Crippen LogP contribution in [0.25, 0.3) is 0 Å². The van der Waals surface area contributed by atoms with E-state index in [2.05, 4.69) is 0 Å². The summed E-state index contributed by atoms with van der Waals surface area (Å²) >= 11 is 0. The van der Waals surface area contributed by atoms with Crippen LogP contribution in [0.15, 0.2) is 82.3 Å². The van der Waals surface area contributed by atoms with Gasteiger partial charge in [-0.25, -0.2) is 12.7 Å². The molecule has 1 aromatic heterocycles. The predicted molar refractivity (Wildman–Crippen MR) is 93.4 cm³/mol. The van der Waals surface area contributed by atoms with Crippen LogP contribution in [0.4, 0.5) is 0 Å². The van der Waals surface area contributed by atoms with E-state index in [0.717, 1.165) is 9.87 Å². The van der Waals surface area contributed by atoms with Crippen molar-refractivity contribution < 1.29 is 17.6 Å². The summed E-state index contributed by atoms with van der Waals surface area (Å²) in [4.78, 5) is 12.8. The molecule has 0 spiro atoms. The molecule has 1 amide bonds. The monoisotopic (exact) mass is 355 g/mol. The van der Waals surface area contributed by atoms with Crippen LogP contribution in [-0.2, 0) is 16.6 Å². The Labute approximate surface area is 146 Å². The number of carbonyl (C=O) groups excluding carboxylic acids is 1. The minimum absolute atomic E-state index is 0.0217. The molecule has 25 heavy (non-hydrogen) atoms. The molecule has 5 nitrogen and oxygen atoms in total. The summed E-state index contributed by atoms with van der Waals surface area (Å²) in [5.41, 5.74) is 1.64. The van der Waals surface area contributed by atoms with Gasteiger partial charge in [0.2, 0.25) is 0 Å². The number of amides is 1. The Morgan fingerprint density at radius 1 is 0.960 bits per heavy atom. The number of hydrogen-bond acceptors (Lipinski definition) is 4. The SMILES string of the molecule is Cc1ccc(S(=O)(=O)N(Cc2ccccc2)C(=O)c2ccco2)cc1. The minimum atomic E-state index is -4.02. The molecule has 0 N–H and O–H groups in total. The Morgan fingerprint density at radius 3 is 2.24 bits per heavy atom. The maximum atomic E-state index is 13.0. The van der Waals surface area contributed by atoms with Gasteiger partial charge in [0.1, 0.15) is 0 Å². The summed E-state index contributed by atoms with van der Waals surface area (Å²) in [5, 5.41) is 0. The van der Waals surface area contributed by atoms with E-state index in [9.17, 15) is 13.2 Å². The van der Waals surface area contributed by atoms with Crippen molar-refractivity contribution in [1.82, 2.24) is 4.31 Å². The maximum Gasteiger partial charge on any atom is 0.303 e. The Hall–Kier alpha value is -2.86. The highest BCUT2D eigenvalue weighted by Crippen LogP contribution is 2.22. The van der Waals surface area contributed by atoms with E-state index in [0.29, 0.717) is 5.56 Å². The number of hydrogen-bond donors (Lipinski definition) is 0. The summed E-state index contributed by atoms with van der Waals surface area (Å²) in [6.07, 6.45) is 1.34. The molecule has 0 aliphatic heterocycles. The van der Waals surface area contributed by atoms with E-state index in [1.807, 2.05) is 13.0 Å². The molecule has 0 radical (unpaired) electrons. The second-order valence-corrected chi connectivity index (χ2v) is 7.46. The van der Waals surface area contributed by atoms with Gasteiger partial charge in [-0.1, -0.05) is 48.0 Å². The predicted octanol–water partition coefficient (Wildman–Crippen LogP) is 3.62. The molecule has 0 saturated carbocycles. The maximum absolute atomic E-state index is 13.0. The topological polar surface area (TPSA) is 67.6 Å². The van der Waals surface area contributed by atoms with Gasteiger partial charge >= 0.3 is 5.91 Å². The van der Waals surface area contributed by atoms with E-state index in [1.165, 1.54) is 24.5 Å². The average Bonchev–Trinajstić information content (AvgIpc) is 3.15. The van der Waals surface area contributed by atoms with Crippen LogP contribution >= 0.6 is 0 Å². The highest BCUT2D eigenvalue weighted by molar-refractivity contribution is 7.89. The first-order valence-corrected chi connectivity index (χ1v) is 9.13. The molecule has 0 saturated heterocycles. The van der Waals surface area contributed by atoms with Crippen LogP contribution in [0.5, 0.6) is 0 Å². The average molecular weight is 355 g/mol. The van der Waals surface area contributed by atoms with Crippen LogP contribution in [-0.4, -0.2) is 18.6 Å². The van der Waals surface area contributed by atoms with Gasteiger partial charge in [-0.15, -0.1) is 0 Å². The fraction of sp³-hybridized carbons (Fsp3) is 0.105. The van der Waals surface area contributed by atoms with Gasteiger partial charge in [-0.05, 0) is 36.8 Å². The lowest BCUT2D eigenvalue weighted by molar-refractivity contribution is 0.0824. The van der Waals surface area contributed by atoms with E-state index in [1.54, 1.807) is 42.5 Å². The number of rotatable bonds is 5. The first kappa shape index (κ1) is 17.0. The van der Waals surface area contributed by atoms with E-state index in [-0.39, 0.29) is 17.2 Å². The Morgan fingerprint density at radius 2 is 1.64 bits per heavy atom. The smallest absolute Gasteiger partial charge is 0.303 e. The summed E-state index contributed by atoms with van der Waals surface area (Å²) < 4.78 is 32.0. The van der Waals surface area contributed by atoms with Crippen molar-refractivity contribution in [3.05, 3.63) is 89.9 Å². The fourth-order valence-corrected chi connectivity index (χ4v) is 3.74. The van der Waals surface area contributed by atoms with Crippen LogP contribution < -0.4 is 0 Å². The molecule has 0 bridgehead atoms. The van der Waals surface area contributed by atoms with Gasteiger partial charge in [0.25, 0.3) is 10.0 Å². The van der Waals surface area contributed by atoms with Crippen LogP contribution in [0.3, 0.4) is 0 Å². The number of furan rings is 1. The third kappa shape index (κ3) is 3.64. The van der Waals surface area contributed by atoms with Crippen molar-refractivity contribution in [2.75, 3.05) is 0 Å². The van der Waals surface area contributed by atoms with Crippen molar-refractivity contribution in [3.8, 4) is 0 Å². The van der Waals surface area contributed by atoms with Crippen molar-refractivity contribution in [1.29, 1.82) is 0 Å². The van der Waals surface area contributed by atoms with Gasteiger partial charge in [0, 0.05) is 0 Å². The van der Waals surface area contributed by atoms with Gasteiger partial charge in [-0.3, -0.25) is 4.79 Å². The summed E-state index contributed by atoms with van der Waals surface area (Å²) in [6, 6.07) is 18.4. The number of benzene rings is 2. The van der Waals surface area contributed by atoms with Gasteiger partial charge in [0.05, 0.1) is 17.7 Å². The lowest BCUT2D eigenvalue weighted by Crippen LogP contribution is -2.36. The quantitative estimate of drug-likeness (QED) is 0.701. The van der Waals surface area contributed by atoms with Crippen molar-refractivity contribution >= 4 is 15.9 Å². The number of aryl methyl sites for hydroxylation is 1. The first-order chi connectivity index (χ1) is 12.0. The van der Waals surface area contributed by atoms with Crippen LogP contribution in [0.2, 0.25) is 0 Å². The van der Waals surface area contributed by atoms with Gasteiger partial charge in [0.15, 0.2) is 5.76 Å². The summed E-state index contributed by atoms with van der Waals surface area (Å²) in [6.45, 7) is 1.79. The highest BCUT2D eigenvalue weighted by Gasteiger charge is 2.31. The Bertz CT molecular complexity index is 946. The molecule has 3 aromatic rings. The molecule has 1 heterocycles. The normalized spacial score (nSPS) is 11.2. The summed E-state index contributed by atoms with van der Waals surface area (Å²) in [5.74, 6) is -0.721. The van der Waals surface area contributed by atoms with E-state index < -0.39 is 15.9 Å². The second kappa shape index (κ2) is 6.94. The van der Waals surface area contributed by atoms with Crippen molar-refractivity contribution in [2.45, 2.75) is 18.4 Å². The van der Waals surface area contributed by atoms with Crippen molar-refractivity contribution in [3.63, 3.8) is 0 Å². The fourth-order valence-electron chi connectivity index (χ4n) is 2.38. The molecule has 0 aliphatic rings. The lowest BCUT2D eigenvalue weighted by Gasteiger charge is -2.22. The largest absolute Gasteiger partial charge is 0.459 e. The third-order valence-electron chi connectivity index (χ3n) is 3.74. The molecular weight excluding hydrogens is 338 g/mol. The van der Waals surface area contributed by atoms with E-state index in [4.69, 9.17) is 4.42 Å². The molecule has 0 atom stereocenters. The molecule has 2 aromatic carbocycles. The highest BCUT2D eigenvalue weighted by atomic mass is 32.2. The zero-order valence-electron chi connectivity index (χ0n) is 13.6. The Balaban J connectivity index is 2.03. The third-order valence-corrected chi connectivity index (χ3v) is 5.48. The van der Waals surface area contributed by atoms with Crippen molar-refractivity contribution in [2.24, 2.45) is 0 Å². The lowest BCUT2D eigenvalue weighted by atomic mass is 10.2. The second-order valence-electron chi connectivity index (χ2n) is 5.59. The first-order valence-electron chi connectivity index (χ1n) is 7.69. The van der Waals surface area contributed by atoms with Gasteiger partial charge < -0.3 is 4.42 Å². The minimum Gasteiger partial charge on any atom is -0.459 e. The number of nitrogens with zero attached hydrogens (tertiary/aromatic N) is 1. The molecule has 128 valence electrons. The van der Waals surface area contributed by atoms with Crippen LogP contribution in [0.1, 0.15) is 21.7 Å². The molecule has 0 aliphatic carbocycles. The molecule has 0 unspecified atom stereocenters.